The summed E-state index contributed by atoms with van der Waals surface area (Å²) in [6.45, 7) is 0.699. The molecule has 0 N–H and O–H groups in total. The third-order valence-electron chi connectivity index (χ3n) is 5.19. The van der Waals surface area contributed by atoms with Crippen molar-refractivity contribution in [2.75, 3.05) is 18.1 Å². The summed E-state index contributed by atoms with van der Waals surface area (Å²) in [6.07, 6.45) is 0.797. The molecule has 30 heavy (non-hydrogen) atoms. The highest BCUT2D eigenvalue weighted by Gasteiger charge is 2.26. The first kappa shape index (κ1) is 18.6. The Morgan fingerprint density at radius 1 is 0.933 bits per heavy atom. The minimum absolute atomic E-state index is 0.0150. The Morgan fingerprint density at radius 3 is 2.50 bits per heavy atom. The first-order valence-corrected chi connectivity index (χ1v) is 10.8. The summed E-state index contributed by atoms with van der Waals surface area (Å²) in [5.74, 6) is 0.726. The molecule has 0 saturated heterocycles. The Labute approximate surface area is 179 Å². The molecule has 148 valence electrons. The molecule has 0 unspecified atom stereocenters. The summed E-state index contributed by atoms with van der Waals surface area (Å²) < 4.78 is 5.67. The lowest BCUT2D eigenvalue weighted by atomic mass is 10.1. The average Bonchev–Trinajstić information content (AvgIpc) is 3.30. The molecule has 1 aromatic heterocycles. The number of rotatable bonds is 5. The number of amides is 1. The van der Waals surface area contributed by atoms with Crippen LogP contribution in [0.4, 0.5) is 5.69 Å². The predicted octanol–water partition coefficient (Wildman–Crippen LogP) is 5.45. The number of aromatic nitrogens is 1. The van der Waals surface area contributed by atoms with E-state index in [9.17, 15) is 4.79 Å². The van der Waals surface area contributed by atoms with Crippen molar-refractivity contribution in [1.82, 2.24) is 4.98 Å². The lowest BCUT2D eigenvalue weighted by Crippen LogP contribution is -2.40. The van der Waals surface area contributed by atoms with E-state index in [0.29, 0.717) is 6.54 Å². The lowest BCUT2D eigenvalue weighted by Gasteiger charge is -2.29. The van der Waals surface area contributed by atoms with E-state index in [1.165, 1.54) is 5.56 Å². The predicted molar refractivity (Wildman–Crippen MR) is 121 cm³/mol. The number of thiazole rings is 1. The van der Waals surface area contributed by atoms with Crippen LogP contribution in [0.25, 0.3) is 21.8 Å². The number of hydrogen-bond donors (Lipinski definition) is 0. The zero-order valence-electron chi connectivity index (χ0n) is 16.3. The second-order valence-corrected chi connectivity index (χ2v) is 8.01. The summed E-state index contributed by atoms with van der Waals surface area (Å²) in [5.41, 5.74) is 5.02. The Morgan fingerprint density at radius 2 is 1.70 bits per heavy atom. The molecule has 0 spiro atoms. The molecule has 0 bridgehead atoms. The first-order valence-electron chi connectivity index (χ1n) is 9.90. The fourth-order valence-corrected chi connectivity index (χ4v) is 4.45. The van der Waals surface area contributed by atoms with Crippen LogP contribution in [0.15, 0.2) is 84.2 Å². The van der Waals surface area contributed by atoms with Gasteiger partial charge in [0.05, 0.1) is 11.4 Å². The van der Waals surface area contributed by atoms with Crippen LogP contribution in [-0.2, 0) is 11.2 Å². The molecular weight excluding hydrogens is 392 g/mol. The van der Waals surface area contributed by atoms with E-state index in [0.717, 1.165) is 39.7 Å². The topological polar surface area (TPSA) is 42.4 Å². The van der Waals surface area contributed by atoms with Crippen molar-refractivity contribution in [2.45, 2.75) is 6.42 Å². The van der Waals surface area contributed by atoms with Gasteiger partial charge in [-0.05, 0) is 30.2 Å². The summed E-state index contributed by atoms with van der Waals surface area (Å²) >= 11 is 1.62. The molecule has 0 atom stereocenters. The molecule has 1 aliphatic rings. The minimum Gasteiger partial charge on any atom is -0.482 e. The van der Waals surface area contributed by atoms with E-state index in [1.807, 2.05) is 59.5 Å². The maximum atomic E-state index is 12.6. The van der Waals surface area contributed by atoms with Gasteiger partial charge in [-0.25, -0.2) is 4.98 Å². The average molecular weight is 413 g/mol. The van der Waals surface area contributed by atoms with Gasteiger partial charge in [0.15, 0.2) is 6.61 Å². The maximum absolute atomic E-state index is 12.6. The van der Waals surface area contributed by atoms with Crippen LogP contribution in [-0.4, -0.2) is 24.0 Å². The highest BCUT2D eigenvalue weighted by atomic mass is 32.1. The molecule has 0 fully saturated rings. The molecule has 5 rings (SSSR count). The Balaban J connectivity index is 1.44. The summed E-state index contributed by atoms with van der Waals surface area (Å²) in [7, 11) is 0. The second kappa shape index (κ2) is 8.13. The highest BCUT2D eigenvalue weighted by molar-refractivity contribution is 7.13. The van der Waals surface area contributed by atoms with Crippen LogP contribution in [0.1, 0.15) is 5.56 Å². The molecule has 3 aromatic carbocycles. The first-order chi connectivity index (χ1) is 14.8. The fraction of sp³-hybridized carbons (Fsp3) is 0.120. The number of anilines is 1. The number of nitrogens with zero attached hydrogens (tertiary/aromatic N) is 2. The van der Waals surface area contributed by atoms with Crippen molar-refractivity contribution in [3.63, 3.8) is 0 Å². The van der Waals surface area contributed by atoms with Gasteiger partial charge >= 0.3 is 0 Å². The number of ether oxygens (including phenoxy) is 1. The molecule has 4 nitrogen and oxygen atoms in total. The van der Waals surface area contributed by atoms with Crippen LogP contribution >= 0.6 is 11.3 Å². The van der Waals surface area contributed by atoms with Crippen LogP contribution in [0.5, 0.6) is 5.75 Å². The standard InChI is InChI=1S/C25H20N2O2S/c28-24-16-29-23-12-11-20(21-17-30-25(26-21)19-9-5-2-6-10-19)15-22(23)27(24)14-13-18-7-3-1-4-8-18/h1-12,15,17H,13-14,16H2. The van der Waals surface area contributed by atoms with E-state index in [1.54, 1.807) is 11.3 Å². The molecule has 0 saturated carbocycles. The quantitative estimate of drug-likeness (QED) is 0.438. The SMILES string of the molecule is O=C1COc2ccc(-c3csc(-c4ccccc4)n3)cc2N1CCc1ccccc1. The zero-order valence-corrected chi connectivity index (χ0v) is 17.1. The van der Waals surface area contributed by atoms with Crippen molar-refractivity contribution in [1.29, 1.82) is 0 Å². The van der Waals surface area contributed by atoms with Gasteiger partial charge in [-0.1, -0.05) is 60.7 Å². The molecule has 0 radical (unpaired) electrons. The van der Waals surface area contributed by atoms with Crippen molar-refractivity contribution < 1.29 is 9.53 Å². The molecular formula is C25H20N2O2S. The largest absolute Gasteiger partial charge is 0.482 e. The monoisotopic (exact) mass is 412 g/mol. The Kier molecular flexibility index (Phi) is 5.03. The van der Waals surface area contributed by atoms with Gasteiger partial charge < -0.3 is 9.64 Å². The summed E-state index contributed by atoms with van der Waals surface area (Å²) in [6, 6.07) is 26.3. The van der Waals surface area contributed by atoms with E-state index in [4.69, 9.17) is 9.72 Å². The second-order valence-electron chi connectivity index (χ2n) is 7.16. The molecule has 0 aliphatic carbocycles. The van der Waals surface area contributed by atoms with Gasteiger partial charge in [0.2, 0.25) is 0 Å². The van der Waals surface area contributed by atoms with E-state index in [2.05, 4.69) is 29.6 Å². The van der Waals surface area contributed by atoms with Gasteiger partial charge in [-0.2, -0.15) is 0 Å². The fourth-order valence-electron chi connectivity index (χ4n) is 3.61. The molecule has 1 aliphatic heterocycles. The van der Waals surface area contributed by atoms with Crippen LogP contribution in [0.3, 0.4) is 0 Å². The van der Waals surface area contributed by atoms with Crippen molar-refractivity contribution in [2.24, 2.45) is 0 Å². The Hall–Kier alpha value is -3.44. The van der Waals surface area contributed by atoms with Crippen molar-refractivity contribution in [3.8, 4) is 27.6 Å². The molecule has 1 amide bonds. The number of benzene rings is 3. The number of fused-ring (bicyclic) bond motifs is 1. The van der Waals surface area contributed by atoms with Gasteiger partial charge in [0.25, 0.3) is 5.91 Å². The van der Waals surface area contributed by atoms with Crippen LogP contribution in [0, 0.1) is 0 Å². The van der Waals surface area contributed by atoms with Crippen LogP contribution < -0.4 is 9.64 Å². The summed E-state index contributed by atoms with van der Waals surface area (Å²) in [5, 5.41) is 3.04. The summed E-state index contributed by atoms with van der Waals surface area (Å²) in [4.78, 5) is 19.2. The number of hydrogen-bond acceptors (Lipinski definition) is 4. The van der Waals surface area contributed by atoms with Crippen molar-refractivity contribution in [3.05, 3.63) is 89.8 Å². The highest BCUT2D eigenvalue weighted by Crippen LogP contribution is 2.37. The molecule has 2 heterocycles. The number of carbonyl (C=O) groups is 1. The molecule has 4 aromatic rings. The third kappa shape index (κ3) is 3.72. The van der Waals surface area contributed by atoms with Crippen LogP contribution in [0.2, 0.25) is 0 Å². The van der Waals surface area contributed by atoms with Gasteiger partial charge in [-0.3, -0.25) is 4.79 Å². The third-order valence-corrected chi connectivity index (χ3v) is 6.08. The smallest absolute Gasteiger partial charge is 0.265 e. The van der Waals surface area contributed by atoms with Crippen molar-refractivity contribution >= 4 is 22.9 Å². The lowest BCUT2D eigenvalue weighted by molar-refractivity contribution is -0.121. The van der Waals surface area contributed by atoms with E-state index < -0.39 is 0 Å². The van der Waals surface area contributed by atoms with Gasteiger partial charge in [0, 0.05) is 23.1 Å². The molecule has 5 heteroatoms. The number of carbonyl (C=O) groups excluding carboxylic acids is 1. The van der Waals surface area contributed by atoms with Gasteiger partial charge in [-0.15, -0.1) is 11.3 Å². The maximum Gasteiger partial charge on any atom is 0.265 e. The van der Waals surface area contributed by atoms with E-state index >= 15 is 0 Å². The zero-order chi connectivity index (χ0) is 20.3. The minimum atomic E-state index is -0.0150. The van der Waals surface area contributed by atoms with E-state index in [-0.39, 0.29) is 12.5 Å². The normalized spacial score (nSPS) is 13.1. The van der Waals surface area contributed by atoms with Gasteiger partial charge in [0.1, 0.15) is 10.8 Å². The Bertz CT molecular complexity index is 1170.